The van der Waals surface area contributed by atoms with Gasteiger partial charge < -0.3 is 83.5 Å². The smallest absolute Gasteiger partial charge is 0.306 e. The van der Waals surface area contributed by atoms with Gasteiger partial charge in [0.05, 0.1) is 30.5 Å². The van der Waals surface area contributed by atoms with E-state index in [4.69, 9.17) is 42.6 Å². The van der Waals surface area contributed by atoms with E-state index in [1.807, 2.05) is 0 Å². The van der Waals surface area contributed by atoms with Gasteiger partial charge in [-0.1, -0.05) is 64.7 Å². The molecular formula is C40H70O18. The lowest BCUT2D eigenvalue weighted by molar-refractivity contribution is -0.406. The Morgan fingerprint density at radius 2 is 1.03 bits per heavy atom. The van der Waals surface area contributed by atoms with Crippen LogP contribution in [-0.4, -0.2) is 176 Å². The Labute approximate surface area is 340 Å². The molecule has 5 fully saturated rings. The zero-order valence-corrected chi connectivity index (χ0v) is 34.5. The second-order valence-electron chi connectivity index (χ2n) is 16.8. The highest BCUT2D eigenvalue weighted by Crippen LogP contribution is 2.37. The third-order valence-corrected chi connectivity index (χ3v) is 12.1. The van der Waals surface area contributed by atoms with E-state index in [0.29, 0.717) is 12.8 Å². The van der Waals surface area contributed by atoms with Gasteiger partial charge in [-0.2, -0.15) is 0 Å². The average molecular weight is 839 g/mol. The lowest BCUT2D eigenvalue weighted by Crippen LogP contribution is -2.67. The lowest BCUT2D eigenvalue weighted by Gasteiger charge is -2.50. The summed E-state index contributed by atoms with van der Waals surface area (Å²) in [6.07, 6.45) is -18.8. The minimum absolute atomic E-state index is 0.0393. The van der Waals surface area contributed by atoms with Gasteiger partial charge in [-0.15, -0.1) is 0 Å². The number of ether oxygens (including phenoxy) is 9. The number of hydrogen-bond donors (Lipinski definition) is 8. The summed E-state index contributed by atoms with van der Waals surface area (Å²) >= 11 is 0. The largest absolute Gasteiger partial charge is 0.454 e. The highest BCUT2D eigenvalue weighted by molar-refractivity contribution is 5.69. The van der Waals surface area contributed by atoms with E-state index in [9.17, 15) is 45.6 Å². The summed E-state index contributed by atoms with van der Waals surface area (Å²) in [6.45, 7) is 8.16. The number of hydrogen-bond acceptors (Lipinski definition) is 18. The van der Waals surface area contributed by atoms with Crippen LogP contribution in [0.5, 0.6) is 0 Å². The number of carbonyl (C=O) groups excluding carboxylic acids is 1. The Bertz CT molecular complexity index is 1230. The van der Waals surface area contributed by atoms with Gasteiger partial charge in [0.1, 0.15) is 67.1 Å². The number of unbranched alkanes of at least 4 members (excludes halogenated alkanes) is 2. The van der Waals surface area contributed by atoms with E-state index in [2.05, 4.69) is 6.92 Å². The molecule has 5 aliphatic rings. The summed E-state index contributed by atoms with van der Waals surface area (Å²) in [6, 6.07) is 0. The topological polar surface area (TPSA) is 262 Å². The molecule has 8 N–H and O–H groups in total. The molecule has 0 radical (unpaired) electrons. The van der Waals surface area contributed by atoms with Gasteiger partial charge in [-0.25, -0.2) is 0 Å². The van der Waals surface area contributed by atoms with Crippen molar-refractivity contribution in [3.63, 3.8) is 0 Å². The van der Waals surface area contributed by atoms with E-state index < -0.39 is 129 Å². The minimum Gasteiger partial charge on any atom is -0.454 e. The molecule has 2 bridgehead atoms. The first-order valence-corrected chi connectivity index (χ1v) is 21.5. The SMILES string of the molecule is CCCCCC1CCCCCCCCCC(=O)OC2C(OC(C)C(O)C2O)OC2C(O)C(C)OC(OC3C(O1)OC(C)C(O)C3O)C2OC1OC(C)C(O)C(O)C1O. The van der Waals surface area contributed by atoms with Gasteiger partial charge in [0.2, 0.25) is 0 Å². The third kappa shape index (κ3) is 11.8. The van der Waals surface area contributed by atoms with Crippen LogP contribution in [0.15, 0.2) is 0 Å². The van der Waals surface area contributed by atoms with E-state index in [-0.39, 0.29) is 12.5 Å². The molecule has 0 saturated carbocycles. The maximum absolute atomic E-state index is 13.1. The molecule has 0 aromatic carbocycles. The summed E-state index contributed by atoms with van der Waals surface area (Å²) in [5.41, 5.74) is 0. The Balaban J connectivity index is 1.53. The quantitative estimate of drug-likeness (QED) is 0.133. The summed E-state index contributed by atoms with van der Waals surface area (Å²) in [7, 11) is 0. The summed E-state index contributed by atoms with van der Waals surface area (Å²) in [5, 5.41) is 88.4. The molecule has 18 heteroatoms. The van der Waals surface area contributed by atoms with Crippen molar-refractivity contribution in [3.8, 4) is 0 Å². The number of rotatable bonds is 6. The monoisotopic (exact) mass is 838 g/mol. The van der Waals surface area contributed by atoms with E-state index in [1.165, 1.54) is 20.8 Å². The van der Waals surface area contributed by atoms with Crippen molar-refractivity contribution >= 4 is 5.97 Å². The zero-order valence-electron chi connectivity index (χ0n) is 34.5. The van der Waals surface area contributed by atoms with Crippen molar-refractivity contribution in [3.05, 3.63) is 0 Å². The molecule has 5 heterocycles. The Hall–Kier alpha value is -1.17. The molecule has 0 aliphatic carbocycles. The van der Waals surface area contributed by atoms with E-state index in [0.717, 1.165) is 64.2 Å². The minimum atomic E-state index is -1.82. The number of aliphatic hydroxyl groups is 8. The first kappa shape index (κ1) is 47.9. The van der Waals surface area contributed by atoms with Gasteiger partial charge in [0, 0.05) is 6.42 Å². The standard InChI is InChI=1S/C40H70O18/c1-6-7-13-16-23-17-14-11-9-8-10-12-15-18-24(41)55-34-30(47)26(43)21(4)52-39(34)56-33-28(45)22(5)53-40(57-35-31(48)27(44)20(3)51-38(35)54-23)36(33)58-37-32(49)29(46)25(42)19(2)50-37/h19-23,25-40,42-49H,6-18H2,1-5H3. The van der Waals surface area contributed by atoms with Crippen LogP contribution in [0.1, 0.15) is 118 Å². The Morgan fingerprint density at radius 3 is 1.69 bits per heavy atom. The fraction of sp³-hybridized carbons (Fsp3) is 0.975. The maximum Gasteiger partial charge on any atom is 0.306 e. The number of fused-ring (bicyclic) bond motifs is 4. The van der Waals surface area contributed by atoms with Gasteiger partial charge in [-0.3, -0.25) is 4.79 Å². The molecule has 5 saturated heterocycles. The molecular weight excluding hydrogens is 768 g/mol. The van der Waals surface area contributed by atoms with Crippen LogP contribution in [0, 0.1) is 0 Å². The highest BCUT2D eigenvalue weighted by Gasteiger charge is 2.56. The van der Waals surface area contributed by atoms with Crippen LogP contribution in [0.25, 0.3) is 0 Å². The van der Waals surface area contributed by atoms with E-state index in [1.54, 1.807) is 6.92 Å². The molecule has 21 atom stereocenters. The number of carbonyl (C=O) groups is 1. The highest BCUT2D eigenvalue weighted by atomic mass is 16.8. The van der Waals surface area contributed by atoms with Crippen molar-refractivity contribution < 1.29 is 88.3 Å². The van der Waals surface area contributed by atoms with Crippen LogP contribution >= 0.6 is 0 Å². The predicted octanol–water partition coefficient (Wildman–Crippen LogP) is 0.410. The molecule has 338 valence electrons. The maximum atomic E-state index is 13.1. The van der Waals surface area contributed by atoms with Gasteiger partial charge in [0.15, 0.2) is 31.3 Å². The second kappa shape index (κ2) is 22.3. The van der Waals surface area contributed by atoms with Crippen molar-refractivity contribution in [1.82, 2.24) is 0 Å². The third-order valence-electron chi connectivity index (χ3n) is 12.1. The van der Waals surface area contributed by atoms with Crippen molar-refractivity contribution in [1.29, 1.82) is 0 Å². The van der Waals surface area contributed by atoms with Gasteiger partial charge >= 0.3 is 5.97 Å². The predicted molar refractivity (Wildman–Crippen MR) is 200 cm³/mol. The van der Waals surface area contributed by atoms with Crippen molar-refractivity contribution in [2.75, 3.05) is 0 Å². The molecule has 0 aromatic rings. The van der Waals surface area contributed by atoms with Gasteiger partial charge in [0.25, 0.3) is 0 Å². The van der Waals surface area contributed by atoms with Crippen LogP contribution in [0.4, 0.5) is 0 Å². The molecule has 18 nitrogen and oxygen atoms in total. The molecule has 5 rings (SSSR count). The van der Waals surface area contributed by atoms with Gasteiger partial charge in [-0.05, 0) is 47.0 Å². The summed E-state index contributed by atoms with van der Waals surface area (Å²) < 4.78 is 55.4. The molecule has 0 spiro atoms. The number of esters is 1. The van der Waals surface area contributed by atoms with Crippen LogP contribution in [0.3, 0.4) is 0 Å². The van der Waals surface area contributed by atoms with Crippen LogP contribution < -0.4 is 0 Å². The fourth-order valence-electron chi connectivity index (χ4n) is 8.31. The number of aliphatic hydroxyl groups excluding tert-OH is 8. The fourth-order valence-corrected chi connectivity index (χ4v) is 8.31. The van der Waals surface area contributed by atoms with Crippen LogP contribution in [-0.2, 0) is 47.4 Å². The first-order valence-electron chi connectivity index (χ1n) is 21.5. The zero-order chi connectivity index (χ0) is 42.3. The van der Waals surface area contributed by atoms with Crippen molar-refractivity contribution in [2.24, 2.45) is 0 Å². The summed E-state index contributed by atoms with van der Waals surface area (Å²) in [4.78, 5) is 13.1. The molecule has 21 unspecified atom stereocenters. The van der Waals surface area contributed by atoms with Crippen LogP contribution in [0.2, 0.25) is 0 Å². The lowest BCUT2D eigenvalue weighted by atomic mass is 9.96. The molecule has 0 amide bonds. The molecule has 58 heavy (non-hydrogen) atoms. The first-order chi connectivity index (χ1) is 27.6. The van der Waals surface area contributed by atoms with E-state index >= 15 is 0 Å². The average Bonchev–Trinajstić information content (AvgIpc) is 3.19. The molecule has 0 aromatic heterocycles. The van der Waals surface area contributed by atoms with Crippen molar-refractivity contribution in [2.45, 2.75) is 247 Å². The summed E-state index contributed by atoms with van der Waals surface area (Å²) in [5.74, 6) is -0.653. The second-order valence-corrected chi connectivity index (χ2v) is 16.8. The Kier molecular flexibility index (Phi) is 18.4. The Morgan fingerprint density at radius 1 is 0.517 bits per heavy atom. The molecule has 5 aliphatic heterocycles. The normalized spacial score (nSPS) is 48.4.